The van der Waals surface area contributed by atoms with Gasteiger partial charge in [-0.3, -0.25) is 4.18 Å². The van der Waals surface area contributed by atoms with E-state index in [-0.39, 0.29) is 47.0 Å². The molecule has 2 aromatic rings. The van der Waals surface area contributed by atoms with Crippen LogP contribution in [0.15, 0.2) is 59.5 Å². The van der Waals surface area contributed by atoms with Gasteiger partial charge in [0.25, 0.3) is 10.1 Å². The summed E-state index contributed by atoms with van der Waals surface area (Å²) in [6.07, 6.45) is 20.0. The average Bonchev–Trinajstić information content (AvgIpc) is 2.94. The first-order valence-electron chi connectivity index (χ1n) is 15.5. The van der Waals surface area contributed by atoms with E-state index in [0.717, 1.165) is 24.8 Å². The van der Waals surface area contributed by atoms with Gasteiger partial charge in [0.2, 0.25) is 0 Å². The standard InChI is InChI=1S/C34H54O3S.Na.H/c1-4-6-8-10-12-14-17-21-30(3)31-25-27-34(28-26-31)38(35,36)37-29-33(32-22-19-16-20-23-32)24-18-15-13-11-9-7-5-2;;/h16,19-20,22-23,25-28,30,33H,4-15,17-18,21,24,29H2,1-3H3;;. The molecule has 0 heterocycles. The summed E-state index contributed by atoms with van der Waals surface area (Å²) >= 11 is 0. The quantitative estimate of drug-likeness (QED) is 0.0809. The van der Waals surface area contributed by atoms with Crippen molar-refractivity contribution in [1.82, 2.24) is 0 Å². The Morgan fingerprint density at radius 3 is 1.64 bits per heavy atom. The molecule has 0 amide bonds. The summed E-state index contributed by atoms with van der Waals surface area (Å²) in [5.74, 6) is 0.524. The van der Waals surface area contributed by atoms with E-state index in [9.17, 15) is 8.42 Å². The Morgan fingerprint density at radius 1 is 0.615 bits per heavy atom. The fraction of sp³-hybridized carbons (Fsp3) is 0.647. The SMILES string of the molecule is CCCCCCCCCC(C)c1ccc(S(=O)(=O)OCC(CCCCCCCCC)c2ccccc2)cc1.[NaH]. The number of rotatable bonds is 22. The van der Waals surface area contributed by atoms with Gasteiger partial charge in [0.05, 0.1) is 11.5 Å². The van der Waals surface area contributed by atoms with Gasteiger partial charge in [-0.25, -0.2) is 0 Å². The molecule has 0 saturated heterocycles. The zero-order chi connectivity index (χ0) is 27.5. The second-order valence-corrected chi connectivity index (χ2v) is 12.8. The normalized spacial score (nSPS) is 13.1. The molecular formula is C34H55NaO3S. The van der Waals surface area contributed by atoms with Crippen molar-refractivity contribution in [3.63, 3.8) is 0 Å². The van der Waals surface area contributed by atoms with Gasteiger partial charge in [-0.05, 0) is 42.0 Å². The van der Waals surface area contributed by atoms with E-state index in [4.69, 9.17) is 4.18 Å². The summed E-state index contributed by atoms with van der Waals surface area (Å²) in [7, 11) is -3.78. The van der Waals surface area contributed by atoms with Crippen molar-refractivity contribution in [3.05, 3.63) is 65.7 Å². The van der Waals surface area contributed by atoms with E-state index in [1.54, 1.807) is 12.1 Å². The summed E-state index contributed by atoms with van der Waals surface area (Å²) in [4.78, 5) is 0.257. The van der Waals surface area contributed by atoms with Crippen molar-refractivity contribution in [2.45, 2.75) is 140 Å². The van der Waals surface area contributed by atoms with Crippen LogP contribution in [0, 0.1) is 0 Å². The fourth-order valence-corrected chi connectivity index (χ4v) is 6.15. The maximum atomic E-state index is 13.0. The molecule has 0 radical (unpaired) electrons. The van der Waals surface area contributed by atoms with Crippen molar-refractivity contribution in [1.29, 1.82) is 0 Å². The first-order valence-corrected chi connectivity index (χ1v) is 16.9. The van der Waals surface area contributed by atoms with E-state index in [1.807, 2.05) is 30.3 Å². The molecule has 0 bridgehead atoms. The zero-order valence-electron chi connectivity index (χ0n) is 24.5. The third-order valence-corrected chi connectivity index (χ3v) is 9.13. The topological polar surface area (TPSA) is 43.4 Å². The Labute approximate surface area is 263 Å². The van der Waals surface area contributed by atoms with E-state index in [0.29, 0.717) is 5.92 Å². The zero-order valence-corrected chi connectivity index (χ0v) is 25.3. The summed E-state index contributed by atoms with van der Waals surface area (Å²) in [6, 6.07) is 17.6. The van der Waals surface area contributed by atoms with E-state index in [2.05, 4.69) is 32.9 Å². The summed E-state index contributed by atoms with van der Waals surface area (Å²) in [6.45, 7) is 6.93. The van der Waals surface area contributed by atoms with Gasteiger partial charge in [0, 0.05) is 5.92 Å². The minimum absolute atomic E-state index is 0. The van der Waals surface area contributed by atoms with Gasteiger partial charge < -0.3 is 0 Å². The molecule has 0 aromatic heterocycles. The van der Waals surface area contributed by atoms with Crippen molar-refractivity contribution < 1.29 is 12.6 Å². The van der Waals surface area contributed by atoms with Gasteiger partial charge in [0.1, 0.15) is 0 Å². The van der Waals surface area contributed by atoms with Crippen LogP contribution in [0.4, 0.5) is 0 Å². The molecular weight excluding hydrogens is 511 g/mol. The van der Waals surface area contributed by atoms with Crippen LogP contribution in [0.5, 0.6) is 0 Å². The molecule has 0 saturated carbocycles. The molecule has 0 aliphatic rings. The molecule has 216 valence electrons. The Balaban J connectivity index is 0.00000760. The van der Waals surface area contributed by atoms with Gasteiger partial charge in [-0.15, -0.1) is 0 Å². The van der Waals surface area contributed by atoms with Gasteiger partial charge in [0.15, 0.2) is 0 Å². The van der Waals surface area contributed by atoms with Crippen molar-refractivity contribution in [3.8, 4) is 0 Å². The van der Waals surface area contributed by atoms with Gasteiger partial charge in [-0.1, -0.05) is 153 Å². The number of benzene rings is 2. The van der Waals surface area contributed by atoms with Crippen LogP contribution in [0.3, 0.4) is 0 Å². The fourth-order valence-electron chi connectivity index (χ4n) is 5.20. The molecule has 2 rings (SSSR count). The van der Waals surface area contributed by atoms with E-state index < -0.39 is 10.1 Å². The maximum absolute atomic E-state index is 13.0. The summed E-state index contributed by atoms with van der Waals surface area (Å²) in [5, 5.41) is 0. The Kier molecular flexibility index (Phi) is 20.5. The second-order valence-electron chi connectivity index (χ2n) is 11.1. The van der Waals surface area contributed by atoms with Crippen molar-refractivity contribution in [2.75, 3.05) is 6.61 Å². The molecule has 5 heteroatoms. The molecule has 2 unspecified atom stereocenters. The van der Waals surface area contributed by atoms with Crippen molar-refractivity contribution >= 4 is 39.7 Å². The van der Waals surface area contributed by atoms with Crippen LogP contribution in [-0.2, 0) is 14.3 Å². The van der Waals surface area contributed by atoms with Crippen LogP contribution in [-0.4, -0.2) is 44.6 Å². The molecule has 39 heavy (non-hydrogen) atoms. The second kappa shape index (κ2) is 22.0. The van der Waals surface area contributed by atoms with Crippen LogP contribution in [0.25, 0.3) is 0 Å². The molecule has 2 atom stereocenters. The number of hydrogen-bond acceptors (Lipinski definition) is 3. The monoisotopic (exact) mass is 566 g/mol. The van der Waals surface area contributed by atoms with Crippen LogP contribution in [0.1, 0.15) is 146 Å². The molecule has 0 aliphatic carbocycles. The van der Waals surface area contributed by atoms with Gasteiger partial charge in [-0.2, -0.15) is 8.42 Å². The predicted octanol–water partition coefficient (Wildman–Crippen LogP) is 9.91. The molecule has 0 N–H and O–H groups in total. The Hall–Kier alpha value is -0.650. The Morgan fingerprint density at radius 2 is 1.10 bits per heavy atom. The third-order valence-electron chi connectivity index (χ3n) is 7.83. The first-order chi connectivity index (χ1) is 18.5. The first kappa shape index (κ1) is 36.4. The summed E-state index contributed by atoms with van der Waals surface area (Å²) in [5.41, 5.74) is 2.36. The molecule has 0 aliphatic heterocycles. The molecule has 2 aromatic carbocycles. The molecule has 0 spiro atoms. The number of unbranched alkanes of at least 4 members (excludes halogenated alkanes) is 12. The summed E-state index contributed by atoms with van der Waals surface area (Å²) < 4.78 is 31.7. The van der Waals surface area contributed by atoms with Crippen LogP contribution < -0.4 is 0 Å². The van der Waals surface area contributed by atoms with E-state index >= 15 is 0 Å². The Bertz CT molecular complexity index is 944. The van der Waals surface area contributed by atoms with Gasteiger partial charge >= 0.3 is 29.6 Å². The third kappa shape index (κ3) is 15.2. The van der Waals surface area contributed by atoms with Crippen LogP contribution in [0.2, 0.25) is 0 Å². The average molecular weight is 567 g/mol. The number of hydrogen-bond donors (Lipinski definition) is 0. The van der Waals surface area contributed by atoms with Crippen LogP contribution >= 0.6 is 0 Å². The van der Waals surface area contributed by atoms with Crippen molar-refractivity contribution in [2.24, 2.45) is 0 Å². The van der Waals surface area contributed by atoms with E-state index in [1.165, 1.54) is 89.0 Å². The molecule has 3 nitrogen and oxygen atoms in total. The molecule has 0 fully saturated rings. The predicted molar refractivity (Wildman–Crippen MR) is 170 cm³/mol. The minimum atomic E-state index is -3.78.